The van der Waals surface area contributed by atoms with Crippen molar-refractivity contribution in [2.45, 2.75) is 26.6 Å². The second kappa shape index (κ2) is 8.06. The summed E-state index contributed by atoms with van der Waals surface area (Å²) in [5, 5.41) is 0. The lowest BCUT2D eigenvalue weighted by Crippen LogP contribution is -2.47. The normalized spacial score (nSPS) is 13.2. The fraction of sp³-hybridized carbons (Fsp3) is 1.00. The molecule has 0 atom stereocenters. The maximum atomic E-state index is 10.5. The van der Waals surface area contributed by atoms with Gasteiger partial charge in [-0.25, -0.2) is 8.42 Å². The first-order valence-electron chi connectivity index (χ1n) is 6.19. The first kappa shape index (κ1) is 17.8. The first-order valence-corrected chi connectivity index (χ1v) is 7.76. The minimum Gasteiger partial charge on any atom is -0.748 e. The van der Waals surface area contributed by atoms with E-state index in [9.17, 15) is 13.0 Å². The molecule has 0 radical (unpaired) electrons. The zero-order valence-electron chi connectivity index (χ0n) is 11.7. The molecular formula is C11H25NO5S. The van der Waals surface area contributed by atoms with Crippen molar-refractivity contribution in [2.24, 2.45) is 0 Å². The van der Waals surface area contributed by atoms with Crippen LogP contribution in [0.1, 0.15) is 20.3 Å². The third-order valence-corrected chi connectivity index (χ3v) is 3.29. The Kier molecular flexibility index (Phi) is 7.97. The van der Waals surface area contributed by atoms with Gasteiger partial charge in [0.15, 0.2) is 0 Å². The third kappa shape index (κ3) is 9.78. The zero-order valence-corrected chi connectivity index (χ0v) is 12.5. The topological polar surface area (TPSA) is 75.7 Å². The van der Waals surface area contributed by atoms with Gasteiger partial charge in [-0.1, -0.05) is 0 Å². The number of hydrogen-bond donors (Lipinski definition) is 0. The second-order valence-electron chi connectivity index (χ2n) is 4.80. The van der Waals surface area contributed by atoms with Crippen molar-refractivity contribution < 1.29 is 26.9 Å². The molecule has 0 saturated heterocycles. The molecule has 0 unspecified atom stereocenters. The number of ether oxygens (including phenoxy) is 2. The highest BCUT2D eigenvalue weighted by Crippen LogP contribution is 2.07. The Labute approximate surface area is 110 Å². The Morgan fingerprint density at radius 2 is 1.67 bits per heavy atom. The minimum atomic E-state index is -4.12. The molecule has 0 aliphatic carbocycles. The lowest BCUT2D eigenvalue weighted by atomic mass is 10.3. The molecule has 0 aromatic carbocycles. The van der Waals surface area contributed by atoms with E-state index in [4.69, 9.17) is 9.47 Å². The van der Waals surface area contributed by atoms with Crippen molar-refractivity contribution in [2.75, 3.05) is 46.2 Å². The van der Waals surface area contributed by atoms with Crippen LogP contribution >= 0.6 is 0 Å². The fourth-order valence-corrected chi connectivity index (χ4v) is 2.17. The van der Waals surface area contributed by atoms with Crippen LogP contribution in [0.25, 0.3) is 0 Å². The summed E-state index contributed by atoms with van der Waals surface area (Å²) in [7, 11) is -0.196. The van der Waals surface area contributed by atoms with Crippen LogP contribution in [0, 0.1) is 0 Å². The highest BCUT2D eigenvalue weighted by Gasteiger charge is 2.22. The van der Waals surface area contributed by atoms with Crippen molar-refractivity contribution in [3.8, 4) is 0 Å². The van der Waals surface area contributed by atoms with Gasteiger partial charge in [0.05, 0.1) is 30.8 Å². The fourth-order valence-electron chi connectivity index (χ4n) is 1.69. The molecule has 110 valence electrons. The van der Waals surface area contributed by atoms with E-state index in [0.29, 0.717) is 37.2 Å². The maximum absolute atomic E-state index is 10.5. The molecule has 18 heavy (non-hydrogen) atoms. The molecular weight excluding hydrogens is 258 g/mol. The van der Waals surface area contributed by atoms with Gasteiger partial charge in [0.1, 0.15) is 6.54 Å². The molecule has 0 aliphatic rings. The van der Waals surface area contributed by atoms with Crippen LogP contribution in [0.2, 0.25) is 0 Å². The Morgan fingerprint density at radius 1 is 1.17 bits per heavy atom. The van der Waals surface area contributed by atoms with E-state index < -0.39 is 10.1 Å². The first-order chi connectivity index (χ1) is 8.20. The quantitative estimate of drug-likeness (QED) is 0.329. The Morgan fingerprint density at radius 3 is 2.06 bits per heavy atom. The molecule has 0 aromatic heterocycles. The maximum Gasteiger partial charge on any atom is 0.207 e. The largest absolute Gasteiger partial charge is 0.748 e. The van der Waals surface area contributed by atoms with E-state index >= 15 is 0 Å². The number of rotatable bonds is 10. The number of likely N-dealkylation sites (N-methyl/N-ethyl adjacent to an activating group) is 1. The molecule has 0 fully saturated rings. The Bertz CT molecular complexity index is 309. The van der Waals surface area contributed by atoms with E-state index in [0.717, 1.165) is 0 Å². The van der Waals surface area contributed by atoms with Crippen LogP contribution in [0.3, 0.4) is 0 Å². The molecule has 0 bridgehead atoms. The number of quaternary nitrogens is 1. The lowest BCUT2D eigenvalue weighted by Gasteiger charge is -2.33. The lowest BCUT2D eigenvalue weighted by molar-refractivity contribution is -0.896. The van der Waals surface area contributed by atoms with Gasteiger partial charge in [-0.15, -0.1) is 0 Å². The monoisotopic (exact) mass is 283 g/mol. The van der Waals surface area contributed by atoms with Gasteiger partial charge in [-0.05, 0) is 13.8 Å². The van der Waals surface area contributed by atoms with Crippen LogP contribution < -0.4 is 0 Å². The molecule has 6 nitrogen and oxygen atoms in total. The zero-order chi connectivity index (χ0) is 14.2. The molecule has 7 heteroatoms. The molecule has 0 spiro atoms. The van der Waals surface area contributed by atoms with Crippen molar-refractivity contribution in [1.29, 1.82) is 0 Å². The molecule has 0 saturated carbocycles. The van der Waals surface area contributed by atoms with Crippen molar-refractivity contribution in [3.63, 3.8) is 0 Å². The van der Waals surface area contributed by atoms with Crippen molar-refractivity contribution in [1.82, 2.24) is 0 Å². The predicted octanol–water partition coefficient (Wildman–Crippen LogP) is 0.397. The van der Waals surface area contributed by atoms with E-state index in [1.54, 1.807) is 0 Å². The van der Waals surface area contributed by atoms with Crippen LogP contribution in [0.15, 0.2) is 0 Å². The molecule has 0 heterocycles. The van der Waals surface area contributed by atoms with Gasteiger partial charge in [-0.2, -0.15) is 0 Å². The van der Waals surface area contributed by atoms with Gasteiger partial charge in [0.2, 0.25) is 6.29 Å². The number of nitrogens with zero attached hydrogens (tertiary/aromatic N) is 1. The van der Waals surface area contributed by atoms with Crippen molar-refractivity contribution >= 4 is 10.1 Å². The van der Waals surface area contributed by atoms with Crippen LogP contribution in [0.5, 0.6) is 0 Å². The Hall–Kier alpha value is -0.210. The van der Waals surface area contributed by atoms with E-state index in [-0.39, 0.29) is 12.0 Å². The van der Waals surface area contributed by atoms with E-state index in [2.05, 4.69) is 0 Å². The second-order valence-corrected chi connectivity index (χ2v) is 6.32. The summed E-state index contributed by atoms with van der Waals surface area (Å²) in [6.07, 6.45) is 0.0583. The molecule has 0 amide bonds. The van der Waals surface area contributed by atoms with Gasteiger partial charge in [-0.3, -0.25) is 0 Å². The summed E-state index contributed by atoms with van der Waals surface area (Å²) in [4.78, 5) is 0. The smallest absolute Gasteiger partial charge is 0.207 e. The van der Waals surface area contributed by atoms with Gasteiger partial charge < -0.3 is 18.5 Å². The highest BCUT2D eigenvalue weighted by atomic mass is 32.2. The van der Waals surface area contributed by atoms with Gasteiger partial charge in [0, 0.05) is 25.4 Å². The minimum absolute atomic E-state index is 0.293. The average molecular weight is 283 g/mol. The van der Waals surface area contributed by atoms with E-state index in [1.807, 2.05) is 27.9 Å². The molecule has 0 aromatic rings. The van der Waals surface area contributed by atoms with Crippen LogP contribution in [0.4, 0.5) is 0 Å². The Balaban J connectivity index is 4.17. The molecule has 0 rings (SSSR count). The highest BCUT2D eigenvalue weighted by molar-refractivity contribution is 7.85. The summed E-state index contributed by atoms with van der Waals surface area (Å²) in [5.74, 6) is -0.317. The van der Waals surface area contributed by atoms with Crippen LogP contribution in [-0.4, -0.2) is 69.9 Å². The molecule has 0 aliphatic heterocycles. The number of hydrogen-bond acceptors (Lipinski definition) is 5. The SMILES string of the molecule is CCOC(C[N+](C)(C)CCCS(=O)(=O)[O-])OCC. The molecule has 0 N–H and O–H groups in total. The summed E-state index contributed by atoms with van der Waals surface area (Å²) in [6, 6.07) is 0. The summed E-state index contributed by atoms with van der Waals surface area (Å²) >= 11 is 0. The third-order valence-electron chi connectivity index (χ3n) is 2.51. The summed E-state index contributed by atoms with van der Waals surface area (Å²) in [5.41, 5.74) is 0. The predicted molar refractivity (Wildman–Crippen MR) is 68.1 cm³/mol. The van der Waals surface area contributed by atoms with Gasteiger partial charge in [0.25, 0.3) is 0 Å². The summed E-state index contributed by atoms with van der Waals surface area (Å²) < 4.78 is 43.0. The summed E-state index contributed by atoms with van der Waals surface area (Å²) in [6.45, 7) is 6.16. The van der Waals surface area contributed by atoms with E-state index in [1.165, 1.54) is 0 Å². The average Bonchev–Trinajstić information content (AvgIpc) is 2.14. The van der Waals surface area contributed by atoms with Crippen LogP contribution in [-0.2, 0) is 19.6 Å². The van der Waals surface area contributed by atoms with Crippen molar-refractivity contribution in [3.05, 3.63) is 0 Å². The standard InChI is InChI=1S/C11H25NO5S/c1-5-16-11(17-6-2)10-12(3,4)8-7-9-18(13,14)15/h11H,5-10H2,1-4H3. The van der Waals surface area contributed by atoms with Gasteiger partial charge >= 0.3 is 0 Å².